The van der Waals surface area contributed by atoms with Crippen LogP contribution in [0.5, 0.6) is 0 Å². The third kappa shape index (κ3) is 3.27. The molecule has 2 heterocycles. The Morgan fingerprint density at radius 2 is 2.17 bits per heavy atom. The highest BCUT2D eigenvalue weighted by molar-refractivity contribution is 9.10. The predicted octanol–water partition coefficient (Wildman–Crippen LogP) is 1.56. The number of morpholine rings is 1. The molecule has 8 heteroatoms. The third-order valence-corrected chi connectivity index (χ3v) is 4.05. The number of carboxylic acid groups (broad SMARTS) is 1. The van der Waals surface area contributed by atoms with Crippen molar-refractivity contribution >= 4 is 27.8 Å². The number of aliphatic carboxylic acids is 1. The zero-order valence-electron chi connectivity index (χ0n) is 12.1. The summed E-state index contributed by atoms with van der Waals surface area (Å²) in [6, 6.07) is 8.09. The van der Waals surface area contributed by atoms with Crippen LogP contribution in [0.2, 0.25) is 0 Å². The largest absolute Gasteiger partial charge is 0.480 e. The van der Waals surface area contributed by atoms with Gasteiger partial charge in [-0.05, 0) is 24.3 Å². The van der Waals surface area contributed by atoms with E-state index in [0.29, 0.717) is 6.61 Å². The Morgan fingerprint density at radius 3 is 2.91 bits per heavy atom. The van der Waals surface area contributed by atoms with E-state index in [0.717, 1.165) is 10.2 Å². The van der Waals surface area contributed by atoms with E-state index in [4.69, 9.17) is 4.74 Å². The van der Waals surface area contributed by atoms with Gasteiger partial charge in [0.2, 0.25) is 0 Å². The summed E-state index contributed by atoms with van der Waals surface area (Å²) < 4.78 is 7.62. The Labute approximate surface area is 140 Å². The first kappa shape index (κ1) is 15.7. The minimum Gasteiger partial charge on any atom is -0.480 e. The number of carbonyl (C=O) groups excluding carboxylic acids is 1. The number of ether oxygens (including phenoxy) is 1. The minimum atomic E-state index is -1.08. The second-order valence-corrected chi connectivity index (χ2v) is 5.97. The normalized spacial score (nSPS) is 18.0. The summed E-state index contributed by atoms with van der Waals surface area (Å²) in [6.07, 6.45) is 1.67. The number of benzene rings is 1. The van der Waals surface area contributed by atoms with Gasteiger partial charge in [-0.15, -0.1) is 0 Å². The van der Waals surface area contributed by atoms with Gasteiger partial charge in [-0.25, -0.2) is 9.48 Å². The molecule has 1 N–H and O–H groups in total. The molecular formula is C15H14BrN3O4. The Bertz CT molecular complexity index is 746. The zero-order valence-corrected chi connectivity index (χ0v) is 13.6. The molecule has 1 fully saturated rings. The lowest BCUT2D eigenvalue weighted by Crippen LogP contribution is -2.52. The van der Waals surface area contributed by atoms with E-state index in [9.17, 15) is 14.7 Å². The van der Waals surface area contributed by atoms with Gasteiger partial charge < -0.3 is 14.7 Å². The molecule has 1 aromatic carbocycles. The molecule has 1 atom stereocenters. The number of aromatic nitrogens is 2. The lowest BCUT2D eigenvalue weighted by Gasteiger charge is -2.32. The molecular weight excluding hydrogens is 366 g/mol. The number of amides is 1. The number of hydrogen-bond acceptors (Lipinski definition) is 4. The van der Waals surface area contributed by atoms with Crippen molar-refractivity contribution in [3.63, 3.8) is 0 Å². The lowest BCUT2D eigenvalue weighted by atomic mass is 10.2. The molecule has 0 saturated carbocycles. The van der Waals surface area contributed by atoms with Crippen LogP contribution in [0, 0.1) is 0 Å². The van der Waals surface area contributed by atoms with Gasteiger partial charge in [-0.3, -0.25) is 4.79 Å². The third-order valence-electron chi connectivity index (χ3n) is 3.56. The van der Waals surface area contributed by atoms with Crippen LogP contribution in [0.25, 0.3) is 5.69 Å². The van der Waals surface area contributed by atoms with Gasteiger partial charge in [0.05, 0.1) is 18.9 Å². The van der Waals surface area contributed by atoms with E-state index in [1.807, 2.05) is 24.3 Å². The summed E-state index contributed by atoms with van der Waals surface area (Å²) in [5.41, 5.74) is 1.01. The van der Waals surface area contributed by atoms with E-state index >= 15 is 0 Å². The van der Waals surface area contributed by atoms with E-state index < -0.39 is 17.9 Å². The van der Waals surface area contributed by atoms with Crippen molar-refractivity contribution in [3.8, 4) is 5.69 Å². The summed E-state index contributed by atoms with van der Waals surface area (Å²) >= 11 is 3.39. The molecule has 7 nitrogen and oxygen atoms in total. The summed E-state index contributed by atoms with van der Waals surface area (Å²) in [5.74, 6) is -1.49. The van der Waals surface area contributed by atoms with Crippen molar-refractivity contribution < 1.29 is 19.4 Å². The van der Waals surface area contributed by atoms with Crippen molar-refractivity contribution in [3.05, 3.63) is 46.7 Å². The highest BCUT2D eigenvalue weighted by atomic mass is 79.9. The first-order valence-corrected chi connectivity index (χ1v) is 7.78. The fraction of sp³-hybridized carbons (Fsp3) is 0.267. The summed E-state index contributed by atoms with van der Waals surface area (Å²) in [4.78, 5) is 25.1. The van der Waals surface area contributed by atoms with Crippen LogP contribution in [0.4, 0.5) is 0 Å². The van der Waals surface area contributed by atoms with Crippen LogP contribution in [0.15, 0.2) is 41.0 Å². The Morgan fingerprint density at radius 1 is 1.35 bits per heavy atom. The number of carbonyl (C=O) groups is 2. The fourth-order valence-electron chi connectivity index (χ4n) is 2.40. The van der Waals surface area contributed by atoms with Crippen LogP contribution in [0.1, 0.15) is 10.5 Å². The monoisotopic (exact) mass is 379 g/mol. The molecule has 1 aromatic heterocycles. The second-order valence-electron chi connectivity index (χ2n) is 5.05. The summed E-state index contributed by atoms with van der Waals surface area (Å²) in [7, 11) is 0. The maximum Gasteiger partial charge on any atom is 0.328 e. The lowest BCUT2D eigenvalue weighted by molar-refractivity contribution is -0.147. The highest BCUT2D eigenvalue weighted by Crippen LogP contribution is 2.16. The van der Waals surface area contributed by atoms with Crippen LogP contribution < -0.4 is 0 Å². The molecule has 0 bridgehead atoms. The first-order chi connectivity index (χ1) is 11.1. The zero-order chi connectivity index (χ0) is 16.4. The fourth-order valence-corrected chi connectivity index (χ4v) is 2.79. The molecule has 1 unspecified atom stereocenters. The van der Waals surface area contributed by atoms with E-state index in [2.05, 4.69) is 21.0 Å². The van der Waals surface area contributed by atoms with E-state index in [1.54, 1.807) is 16.9 Å². The van der Waals surface area contributed by atoms with Crippen molar-refractivity contribution in [2.75, 3.05) is 19.8 Å². The Hall–Kier alpha value is -2.19. The molecule has 23 heavy (non-hydrogen) atoms. The SMILES string of the molecule is O=C(O)C1COCCN1C(=O)c1ccn(-c2cccc(Br)c2)n1. The molecule has 1 aliphatic rings. The van der Waals surface area contributed by atoms with Crippen molar-refractivity contribution in [1.82, 2.24) is 14.7 Å². The standard InChI is InChI=1S/C15H14BrN3O4/c16-10-2-1-3-11(8-10)19-5-4-12(17-19)14(20)18-6-7-23-9-13(18)15(21)22/h1-5,8,13H,6-7,9H2,(H,21,22). The van der Waals surface area contributed by atoms with Crippen LogP contribution in [0.3, 0.4) is 0 Å². The smallest absolute Gasteiger partial charge is 0.328 e. The summed E-state index contributed by atoms with van der Waals surface area (Å²) in [5, 5.41) is 13.5. The number of nitrogens with zero attached hydrogens (tertiary/aromatic N) is 3. The van der Waals surface area contributed by atoms with Crippen molar-refractivity contribution in [2.24, 2.45) is 0 Å². The Balaban J connectivity index is 1.84. The van der Waals surface area contributed by atoms with Crippen molar-refractivity contribution in [2.45, 2.75) is 6.04 Å². The number of carboxylic acids is 1. The molecule has 1 amide bonds. The van der Waals surface area contributed by atoms with Gasteiger partial charge in [0.25, 0.3) is 5.91 Å². The van der Waals surface area contributed by atoms with Crippen LogP contribution >= 0.6 is 15.9 Å². The molecule has 120 valence electrons. The predicted molar refractivity (Wildman–Crippen MR) is 84.5 cm³/mol. The quantitative estimate of drug-likeness (QED) is 0.874. The second kappa shape index (κ2) is 6.51. The molecule has 3 rings (SSSR count). The molecule has 0 spiro atoms. The molecule has 2 aromatic rings. The number of rotatable bonds is 3. The van der Waals surface area contributed by atoms with Gasteiger partial charge in [0.1, 0.15) is 0 Å². The summed E-state index contributed by atoms with van der Waals surface area (Å²) in [6.45, 7) is 0.550. The average Bonchev–Trinajstić information content (AvgIpc) is 3.04. The van der Waals surface area contributed by atoms with Gasteiger partial charge in [0, 0.05) is 17.2 Å². The highest BCUT2D eigenvalue weighted by Gasteiger charge is 2.34. The Kier molecular flexibility index (Phi) is 4.44. The minimum absolute atomic E-state index is 0.00653. The molecule has 0 radical (unpaired) electrons. The average molecular weight is 380 g/mol. The van der Waals surface area contributed by atoms with Gasteiger partial charge in [-0.1, -0.05) is 22.0 Å². The molecule has 0 aliphatic carbocycles. The topological polar surface area (TPSA) is 84.7 Å². The number of halogens is 1. The van der Waals surface area contributed by atoms with Crippen LogP contribution in [-0.4, -0.2) is 57.5 Å². The van der Waals surface area contributed by atoms with E-state index in [-0.39, 0.29) is 18.8 Å². The van der Waals surface area contributed by atoms with Gasteiger partial charge >= 0.3 is 5.97 Å². The van der Waals surface area contributed by atoms with Crippen LogP contribution in [-0.2, 0) is 9.53 Å². The first-order valence-electron chi connectivity index (χ1n) is 6.99. The van der Waals surface area contributed by atoms with E-state index in [1.165, 1.54) is 4.90 Å². The number of hydrogen-bond donors (Lipinski definition) is 1. The maximum atomic E-state index is 12.5. The molecule has 1 saturated heterocycles. The molecule has 1 aliphatic heterocycles. The maximum absolute atomic E-state index is 12.5. The van der Waals surface area contributed by atoms with Gasteiger partial charge in [-0.2, -0.15) is 5.10 Å². The van der Waals surface area contributed by atoms with Crippen molar-refractivity contribution in [1.29, 1.82) is 0 Å². The van der Waals surface area contributed by atoms with Gasteiger partial charge in [0.15, 0.2) is 11.7 Å².